The predicted molar refractivity (Wildman–Crippen MR) is 184 cm³/mol. The van der Waals surface area contributed by atoms with Gasteiger partial charge in [-0.05, 0) is 41.5 Å². The molecule has 6 unspecified atom stereocenters. The highest BCUT2D eigenvalue weighted by atomic mass is 16.7. The van der Waals surface area contributed by atoms with Crippen LogP contribution in [-0.4, -0.2) is 90.6 Å². The summed E-state index contributed by atoms with van der Waals surface area (Å²) in [5.74, 6) is -0.538. The van der Waals surface area contributed by atoms with Crippen molar-refractivity contribution in [3.63, 3.8) is 0 Å². The summed E-state index contributed by atoms with van der Waals surface area (Å²) in [6, 6.07) is 21.1. The lowest BCUT2D eigenvalue weighted by Crippen LogP contribution is -2.59. The zero-order valence-corrected chi connectivity index (χ0v) is 28.9. The van der Waals surface area contributed by atoms with Crippen molar-refractivity contribution in [1.29, 1.82) is 0 Å². The maximum Gasteiger partial charge on any atom is 0.407 e. The number of hydrogen-bond donors (Lipinski definition) is 4. The van der Waals surface area contributed by atoms with Gasteiger partial charge in [-0.1, -0.05) is 81.4 Å². The van der Waals surface area contributed by atoms with Gasteiger partial charge >= 0.3 is 12.2 Å². The SMILES string of the molecule is COC(=O)NC(C(=O)NN(Cc1ccccc1)CC(O)C(Cc1ccc(-c2ccccn2)cc1)NC(=O)OC1COC2OCCC12)C(C)(C)C. The first-order valence-corrected chi connectivity index (χ1v) is 16.8. The van der Waals surface area contributed by atoms with E-state index < -0.39 is 47.8 Å². The number of alkyl carbamates (subject to hydrolysis) is 2. The van der Waals surface area contributed by atoms with Gasteiger partial charge in [0.05, 0.1) is 44.1 Å². The lowest BCUT2D eigenvalue weighted by atomic mass is 9.86. The van der Waals surface area contributed by atoms with E-state index in [2.05, 4.69) is 21.0 Å². The van der Waals surface area contributed by atoms with Crippen LogP contribution in [-0.2, 0) is 36.7 Å². The Morgan fingerprint density at radius 3 is 2.38 bits per heavy atom. The van der Waals surface area contributed by atoms with Crippen molar-refractivity contribution >= 4 is 18.1 Å². The van der Waals surface area contributed by atoms with Gasteiger partial charge in [0.15, 0.2) is 6.29 Å². The van der Waals surface area contributed by atoms with Crippen LogP contribution in [0.4, 0.5) is 9.59 Å². The molecule has 50 heavy (non-hydrogen) atoms. The Balaban J connectivity index is 1.35. The Hall–Kier alpha value is -4.56. The highest BCUT2D eigenvalue weighted by Gasteiger charge is 2.44. The normalized spacial score (nSPS) is 20.3. The van der Waals surface area contributed by atoms with Crippen LogP contribution in [0.15, 0.2) is 79.0 Å². The summed E-state index contributed by atoms with van der Waals surface area (Å²) in [5.41, 5.74) is 5.71. The summed E-state index contributed by atoms with van der Waals surface area (Å²) < 4.78 is 21.8. The third-order valence-electron chi connectivity index (χ3n) is 8.85. The molecule has 3 aromatic rings. The van der Waals surface area contributed by atoms with E-state index in [0.29, 0.717) is 6.61 Å². The van der Waals surface area contributed by atoms with Gasteiger partial charge in [-0.25, -0.2) is 14.6 Å². The number of aromatic nitrogens is 1. The van der Waals surface area contributed by atoms with Crippen molar-refractivity contribution in [3.8, 4) is 11.3 Å². The number of pyridine rings is 1. The van der Waals surface area contributed by atoms with Crippen molar-refractivity contribution in [2.45, 2.75) is 70.7 Å². The van der Waals surface area contributed by atoms with Crippen molar-refractivity contribution in [3.05, 3.63) is 90.1 Å². The molecule has 2 aromatic carbocycles. The van der Waals surface area contributed by atoms with Gasteiger partial charge < -0.3 is 34.7 Å². The standard InChI is InChI=1S/C37H47N5O8/c1-37(2,3)32(40-35(45)47-4)33(44)41-42(21-25-10-6-5-7-11-25)22-30(43)29(39-36(46)50-31-23-49-34-27(31)17-19-48-34)20-24-13-15-26(16-14-24)28-12-8-9-18-38-28/h5-16,18,27,29-32,34,43H,17,19-23H2,1-4H3,(H,39,46)(H,40,45)(H,41,44). The number of carbonyl (C=O) groups excluding carboxylic acids is 3. The molecule has 3 amide bonds. The minimum Gasteiger partial charge on any atom is -0.453 e. The zero-order chi connectivity index (χ0) is 35.7. The highest BCUT2D eigenvalue weighted by molar-refractivity contribution is 5.86. The zero-order valence-electron chi connectivity index (χ0n) is 28.9. The lowest BCUT2D eigenvalue weighted by Gasteiger charge is -2.34. The van der Waals surface area contributed by atoms with Gasteiger partial charge in [0.1, 0.15) is 12.1 Å². The van der Waals surface area contributed by atoms with E-state index in [9.17, 15) is 19.5 Å². The van der Waals surface area contributed by atoms with Gasteiger partial charge in [0.2, 0.25) is 0 Å². The molecule has 0 aliphatic carbocycles. The summed E-state index contributed by atoms with van der Waals surface area (Å²) in [6.45, 7) is 6.41. The lowest BCUT2D eigenvalue weighted by molar-refractivity contribution is -0.131. The molecule has 3 heterocycles. The first-order chi connectivity index (χ1) is 24.0. The Morgan fingerprint density at radius 2 is 1.70 bits per heavy atom. The second-order valence-electron chi connectivity index (χ2n) is 13.7. The fraction of sp³-hybridized carbons (Fsp3) is 0.459. The minimum atomic E-state index is -1.17. The van der Waals surface area contributed by atoms with Crippen LogP contribution in [0.25, 0.3) is 11.3 Å². The molecule has 2 fully saturated rings. The van der Waals surface area contributed by atoms with Crippen LogP contribution in [0, 0.1) is 11.3 Å². The van der Waals surface area contributed by atoms with E-state index in [1.165, 1.54) is 7.11 Å². The Labute approximate surface area is 292 Å². The van der Waals surface area contributed by atoms with E-state index in [4.69, 9.17) is 18.9 Å². The van der Waals surface area contributed by atoms with Crippen molar-refractivity contribution in [1.82, 2.24) is 26.1 Å². The number of carbonyl (C=O) groups is 3. The van der Waals surface area contributed by atoms with E-state index in [1.54, 1.807) is 11.2 Å². The molecule has 4 N–H and O–H groups in total. The van der Waals surface area contributed by atoms with Gasteiger partial charge in [-0.15, -0.1) is 0 Å². The average molecular weight is 690 g/mol. The van der Waals surface area contributed by atoms with Gasteiger partial charge in [-0.3, -0.25) is 15.2 Å². The first-order valence-electron chi connectivity index (χ1n) is 16.8. The second kappa shape index (κ2) is 16.9. The number of aliphatic hydroxyl groups is 1. The molecule has 2 saturated heterocycles. The summed E-state index contributed by atoms with van der Waals surface area (Å²) in [6.07, 6.45) is -0.732. The smallest absolute Gasteiger partial charge is 0.407 e. The van der Waals surface area contributed by atoms with Crippen molar-refractivity contribution < 1.29 is 38.4 Å². The van der Waals surface area contributed by atoms with Crippen LogP contribution in [0.1, 0.15) is 38.3 Å². The molecular formula is C37H47N5O8. The van der Waals surface area contributed by atoms with E-state index in [1.807, 2.05) is 93.6 Å². The monoisotopic (exact) mass is 689 g/mol. The fourth-order valence-electron chi connectivity index (χ4n) is 6.13. The number of methoxy groups -OCH3 is 1. The number of rotatable bonds is 13. The molecule has 2 aliphatic heterocycles. The summed E-state index contributed by atoms with van der Waals surface area (Å²) in [4.78, 5) is 43.6. The number of amides is 3. The van der Waals surface area contributed by atoms with Crippen molar-refractivity contribution in [2.75, 3.05) is 26.9 Å². The van der Waals surface area contributed by atoms with Crippen LogP contribution >= 0.6 is 0 Å². The number of aliphatic hydroxyl groups excluding tert-OH is 1. The molecule has 1 aromatic heterocycles. The average Bonchev–Trinajstić information content (AvgIpc) is 3.72. The van der Waals surface area contributed by atoms with Gasteiger partial charge in [0.25, 0.3) is 5.91 Å². The minimum absolute atomic E-state index is 0.0470. The van der Waals surface area contributed by atoms with Crippen LogP contribution in [0.3, 0.4) is 0 Å². The van der Waals surface area contributed by atoms with Gasteiger partial charge in [0, 0.05) is 24.8 Å². The maximum absolute atomic E-state index is 13.7. The number of fused-ring (bicyclic) bond motifs is 1. The number of nitrogens with one attached hydrogen (secondary N) is 3. The maximum atomic E-state index is 13.7. The van der Waals surface area contributed by atoms with Crippen LogP contribution in [0.2, 0.25) is 0 Å². The number of nitrogens with zero attached hydrogens (tertiary/aromatic N) is 2. The van der Waals surface area contributed by atoms with Crippen molar-refractivity contribution in [2.24, 2.45) is 11.3 Å². The third kappa shape index (κ3) is 10.0. The molecule has 0 bridgehead atoms. The molecule has 5 rings (SSSR count). The predicted octanol–water partition coefficient (Wildman–Crippen LogP) is 3.81. The Bertz CT molecular complexity index is 1550. The molecule has 0 saturated carbocycles. The number of hydrazine groups is 1. The molecular weight excluding hydrogens is 642 g/mol. The Kier molecular flexibility index (Phi) is 12.4. The molecule has 0 spiro atoms. The first kappa shape index (κ1) is 36.7. The summed E-state index contributed by atoms with van der Waals surface area (Å²) in [7, 11) is 1.23. The highest BCUT2D eigenvalue weighted by Crippen LogP contribution is 2.33. The topological polar surface area (TPSA) is 161 Å². The molecule has 6 atom stereocenters. The number of ether oxygens (including phenoxy) is 4. The van der Waals surface area contributed by atoms with Gasteiger partial charge in [-0.2, -0.15) is 0 Å². The number of hydrogen-bond acceptors (Lipinski definition) is 10. The van der Waals surface area contributed by atoms with E-state index in [0.717, 1.165) is 28.8 Å². The Morgan fingerprint density at radius 1 is 0.960 bits per heavy atom. The fourth-order valence-corrected chi connectivity index (χ4v) is 6.13. The van der Waals surface area contributed by atoms with Crippen LogP contribution < -0.4 is 16.1 Å². The molecule has 268 valence electrons. The van der Waals surface area contributed by atoms with E-state index in [-0.39, 0.29) is 38.3 Å². The molecule has 0 radical (unpaired) electrons. The second-order valence-corrected chi connectivity index (χ2v) is 13.7. The molecule has 2 aliphatic rings. The third-order valence-corrected chi connectivity index (χ3v) is 8.85. The summed E-state index contributed by atoms with van der Waals surface area (Å²) >= 11 is 0. The summed E-state index contributed by atoms with van der Waals surface area (Å²) in [5, 5.41) is 18.9. The molecule has 13 heteroatoms. The van der Waals surface area contributed by atoms with Crippen LogP contribution in [0.5, 0.6) is 0 Å². The van der Waals surface area contributed by atoms with E-state index >= 15 is 0 Å². The quantitative estimate of drug-likeness (QED) is 0.194. The number of benzene rings is 2. The largest absolute Gasteiger partial charge is 0.453 e. The molecule has 13 nitrogen and oxygen atoms in total.